The van der Waals surface area contributed by atoms with Crippen molar-refractivity contribution >= 4 is 10.9 Å². The molecule has 0 bridgehead atoms. The lowest BCUT2D eigenvalue weighted by atomic mass is 9.80. The predicted molar refractivity (Wildman–Crippen MR) is 89.5 cm³/mol. The van der Waals surface area contributed by atoms with Gasteiger partial charge in [0.1, 0.15) is 0 Å². The van der Waals surface area contributed by atoms with Crippen LogP contribution in [-0.4, -0.2) is 10.2 Å². The fraction of sp³-hybridized carbons (Fsp3) is 0.316. The molecule has 0 amide bonds. The summed E-state index contributed by atoms with van der Waals surface area (Å²) in [5.41, 5.74) is 4.91. The Hall–Kier alpha value is -2.09. The number of hydrogen-bond acceptors (Lipinski definition) is 1. The number of hydrogen-bond donors (Lipinski definition) is 1. The van der Waals surface area contributed by atoms with E-state index in [4.69, 9.17) is 0 Å². The molecule has 108 valence electrons. The van der Waals surface area contributed by atoms with Crippen LogP contribution in [0.25, 0.3) is 22.2 Å². The lowest BCUT2D eigenvalue weighted by Crippen LogP contribution is -2.16. The maximum absolute atomic E-state index is 4.51. The van der Waals surface area contributed by atoms with Gasteiger partial charge in [0.2, 0.25) is 0 Å². The highest BCUT2D eigenvalue weighted by Gasteiger charge is 2.20. The lowest BCUT2D eigenvalue weighted by Gasteiger charge is -2.25. The van der Waals surface area contributed by atoms with Crippen LogP contribution < -0.4 is 0 Å². The highest BCUT2D eigenvalue weighted by Crippen LogP contribution is 2.32. The number of fused-ring (bicyclic) bond motifs is 1. The van der Waals surface area contributed by atoms with Crippen molar-refractivity contribution in [2.45, 2.75) is 39.0 Å². The molecule has 0 saturated carbocycles. The van der Waals surface area contributed by atoms with E-state index in [9.17, 15) is 0 Å². The molecule has 0 aliphatic rings. The van der Waals surface area contributed by atoms with Gasteiger partial charge < -0.3 is 0 Å². The second-order valence-electron chi connectivity index (χ2n) is 6.33. The molecule has 0 fully saturated rings. The van der Waals surface area contributed by atoms with E-state index in [0.717, 1.165) is 11.2 Å². The van der Waals surface area contributed by atoms with Gasteiger partial charge in [0.15, 0.2) is 0 Å². The zero-order valence-electron chi connectivity index (χ0n) is 13.0. The van der Waals surface area contributed by atoms with Crippen LogP contribution in [0.4, 0.5) is 0 Å². The van der Waals surface area contributed by atoms with Gasteiger partial charge >= 0.3 is 0 Å². The van der Waals surface area contributed by atoms with E-state index in [2.05, 4.69) is 73.4 Å². The number of para-hydroxylation sites is 1. The molecule has 2 heteroatoms. The summed E-state index contributed by atoms with van der Waals surface area (Å²) in [5.74, 6) is 0. The van der Waals surface area contributed by atoms with Crippen LogP contribution in [0.1, 0.15) is 39.2 Å². The van der Waals surface area contributed by atoms with Crippen molar-refractivity contribution in [3.63, 3.8) is 0 Å². The van der Waals surface area contributed by atoms with Gasteiger partial charge in [-0.05, 0) is 29.5 Å². The fourth-order valence-electron chi connectivity index (χ4n) is 3.04. The summed E-state index contributed by atoms with van der Waals surface area (Å²) in [7, 11) is 0. The summed E-state index contributed by atoms with van der Waals surface area (Å²) < 4.78 is 0. The first-order valence-electron chi connectivity index (χ1n) is 7.66. The summed E-state index contributed by atoms with van der Waals surface area (Å²) in [6.45, 7) is 6.88. The fourth-order valence-corrected chi connectivity index (χ4v) is 3.04. The molecule has 0 saturated heterocycles. The Morgan fingerprint density at radius 1 is 1.05 bits per heavy atom. The van der Waals surface area contributed by atoms with Gasteiger partial charge in [0.05, 0.1) is 11.2 Å². The molecule has 0 radical (unpaired) electrons. The van der Waals surface area contributed by atoms with Crippen molar-refractivity contribution in [2.75, 3.05) is 0 Å². The number of benzene rings is 2. The molecule has 0 unspecified atom stereocenters. The first-order valence-corrected chi connectivity index (χ1v) is 7.66. The Labute approximate surface area is 126 Å². The minimum Gasteiger partial charge on any atom is -0.277 e. The number of H-pyrrole nitrogens is 1. The second kappa shape index (κ2) is 5.36. The Morgan fingerprint density at radius 3 is 2.67 bits per heavy atom. The Bertz CT molecular complexity index is 753. The summed E-state index contributed by atoms with van der Waals surface area (Å²) in [4.78, 5) is 0. The summed E-state index contributed by atoms with van der Waals surface area (Å²) in [6, 6.07) is 17.1. The minimum atomic E-state index is 0.205. The average Bonchev–Trinajstić information content (AvgIpc) is 2.91. The molecule has 21 heavy (non-hydrogen) atoms. The van der Waals surface area contributed by atoms with E-state index >= 15 is 0 Å². The standard InChI is InChI=1S/C19H22N2/c1-4-12-19(2,3)15-9-7-8-14(13-15)18-16-10-5-6-11-17(16)20-21-18/h5-11,13H,4,12H2,1-3H3,(H,20,21). The van der Waals surface area contributed by atoms with Crippen molar-refractivity contribution in [1.82, 2.24) is 10.2 Å². The number of rotatable bonds is 4. The number of nitrogens with one attached hydrogen (secondary N) is 1. The molecule has 0 atom stereocenters. The van der Waals surface area contributed by atoms with Crippen LogP contribution in [0.5, 0.6) is 0 Å². The van der Waals surface area contributed by atoms with Crippen molar-refractivity contribution in [1.29, 1.82) is 0 Å². The summed E-state index contributed by atoms with van der Waals surface area (Å²) in [5, 5.41) is 8.81. The van der Waals surface area contributed by atoms with E-state index in [-0.39, 0.29) is 5.41 Å². The maximum Gasteiger partial charge on any atom is 0.0999 e. The number of aromatic amines is 1. The zero-order chi connectivity index (χ0) is 14.9. The van der Waals surface area contributed by atoms with Crippen molar-refractivity contribution in [2.24, 2.45) is 0 Å². The lowest BCUT2D eigenvalue weighted by molar-refractivity contribution is 0.473. The van der Waals surface area contributed by atoms with E-state index in [1.165, 1.54) is 29.4 Å². The predicted octanol–water partition coefficient (Wildman–Crippen LogP) is 5.31. The summed E-state index contributed by atoms with van der Waals surface area (Å²) in [6.07, 6.45) is 2.39. The quantitative estimate of drug-likeness (QED) is 0.688. The van der Waals surface area contributed by atoms with Gasteiger partial charge in [-0.3, -0.25) is 5.10 Å². The van der Waals surface area contributed by atoms with Crippen LogP contribution in [0.15, 0.2) is 48.5 Å². The molecule has 1 heterocycles. The third kappa shape index (κ3) is 2.58. The number of nitrogens with zero attached hydrogens (tertiary/aromatic N) is 1. The van der Waals surface area contributed by atoms with Crippen LogP contribution in [0.3, 0.4) is 0 Å². The Morgan fingerprint density at radius 2 is 1.86 bits per heavy atom. The van der Waals surface area contributed by atoms with Crippen LogP contribution in [-0.2, 0) is 5.41 Å². The molecule has 1 aromatic heterocycles. The average molecular weight is 278 g/mol. The Balaban J connectivity index is 2.08. The third-order valence-electron chi connectivity index (χ3n) is 4.26. The molecular formula is C19H22N2. The monoisotopic (exact) mass is 278 g/mol. The molecule has 2 aromatic carbocycles. The molecular weight excluding hydrogens is 256 g/mol. The van der Waals surface area contributed by atoms with Gasteiger partial charge in [0.25, 0.3) is 0 Å². The molecule has 1 N–H and O–H groups in total. The van der Waals surface area contributed by atoms with Gasteiger partial charge in [0, 0.05) is 10.9 Å². The highest BCUT2D eigenvalue weighted by molar-refractivity contribution is 5.92. The Kier molecular flexibility index (Phi) is 3.54. The third-order valence-corrected chi connectivity index (χ3v) is 4.26. The van der Waals surface area contributed by atoms with Crippen LogP contribution in [0.2, 0.25) is 0 Å². The van der Waals surface area contributed by atoms with Crippen LogP contribution >= 0.6 is 0 Å². The second-order valence-corrected chi connectivity index (χ2v) is 6.33. The first kappa shape index (κ1) is 13.9. The summed E-state index contributed by atoms with van der Waals surface area (Å²) >= 11 is 0. The largest absolute Gasteiger partial charge is 0.277 e. The molecule has 0 aliphatic heterocycles. The van der Waals surface area contributed by atoms with E-state index < -0.39 is 0 Å². The van der Waals surface area contributed by atoms with Gasteiger partial charge in [-0.2, -0.15) is 5.10 Å². The zero-order valence-corrected chi connectivity index (χ0v) is 13.0. The SMILES string of the molecule is CCCC(C)(C)c1cccc(-c2n[nH]c3ccccc23)c1. The first-order chi connectivity index (χ1) is 10.1. The molecule has 3 aromatic rings. The van der Waals surface area contributed by atoms with Crippen molar-refractivity contribution < 1.29 is 0 Å². The van der Waals surface area contributed by atoms with E-state index in [0.29, 0.717) is 0 Å². The molecule has 0 spiro atoms. The van der Waals surface area contributed by atoms with Crippen molar-refractivity contribution in [3.8, 4) is 11.3 Å². The molecule has 0 aliphatic carbocycles. The van der Waals surface area contributed by atoms with Gasteiger partial charge in [-0.15, -0.1) is 0 Å². The van der Waals surface area contributed by atoms with E-state index in [1.807, 2.05) is 6.07 Å². The van der Waals surface area contributed by atoms with Gasteiger partial charge in [-0.25, -0.2) is 0 Å². The highest BCUT2D eigenvalue weighted by atomic mass is 15.1. The number of aromatic nitrogens is 2. The molecule has 3 rings (SSSR count). The smallest absolute Gasteiger partial charge is 0.0999 e. The van der Waals surface area contributed by atoms with Crippen molar-refractivity contribution in [3.05, 3.63) is 54.1 Å². The van der Waals surface area contributed by atoms with Gasteiger partial charge in [-0.1, -0.05) is 63.6 Å². The normalized spacial score (nSPS) is 12.0. The molecule has 2 nitrogen and oxygen atoms in total. The minimum absolute atomic E-state index is 0.205. The topological polar surface area (TPSA) is 28.7 Å². The van der Waals surface area contributed by atoms with E-state index in [1.54, 1.807) is 0 Å². The maximum atomic E-state index is 4.51. The van der Waals surface area contributed by atoms with Crippen LogP contribution in [0, 0.1) is 0 Å².